The number of nitrogens with zero attached hydrogens (tertiary/aromatic N) is 4. The summed E-state index contributed by atoms with van der Waals surface area (Å²) in [6.07, 6.45) is -1.17. The van der Waals surface area contributed by atoms with Crippen LogP contribution in [0.25, 0.3) is 0 Å². The smallest absolute Gasteiger partial charge is 0.379 e. The highest BCUT2D eigenvalue weighted by atomic mass is 19.4. The van der Waals surface area contributed by atoms with Gasteiger partial charge in [0.15, 0.2) is 0 Å². The zero-order valence-electron chi connectivity index (χ0n) is 22.8. The van der Waals surface area contributed by atoms with Crippen molar-refractivity contribution in [1.29, 1.82) is 0 Å². The first kappa shape index (κ1) is 28.3. The first-order valence-corrected chi connectivity index (χ1v) is 13.6. The van der Waals surface area contributed by atoms with Crippen LogP contribution in [0.3, 0.4) is 0 Å². The minimum atomic E-state index is -4.49. The molecule has 4 aliphatic rings. The van der Waals surface area contributed by atoms with Crippen molar-refractivity contribution >= 4 is 11.8 Å². The molecule has 2 saturated heterocycles. The Morgan fingerprint density at radius 3 is 2.82 bits per heavy atom. The van der Waals surface area contributed by atoms with Gasteiger partial charge in [0.1, 0.15) is 0 Å². The molecule has 5 atom stereocenters. The number of carbonyl (C=O) groups excluding carboxylic acids is 2. The second kappa shape index (κ2) is 10.9. The molecule has 9 nitrogen and oxygen atoms in total. The van der Waals surface area contributed by atoms with Crippen molar-refractivity contribution in [3.05, 3.63) is 29.1 Å². The van der Waals surface area contributed by atoms with Crippen molar-refractivity contribution in [1.82, 2.24) is 25.0 Å². The highest BCUT2D eigenvalue weighted by molar-refractivity contribution is 5.87. The van der Waals surface area contributed by atoms with Gasteiger partial charge in [-0.3, -0.25) is 14.6 Å². The Bertz CT molecular complexity index is 1090. The van der Waals surface area contributed by atoms with E-state index < -0.39 is 17.2 Å². The van der Waals surface area contributed by atoms with Crippen molar-refractivity contribution in [2.45, 2.75) is 56.6 Å². The molecule has 0 spiro atoms. The monoisotopic (exact) mass is 553 g/mol. The zero-order chi connectivity index (χ0) is 27.9. The van der Waals surface area contributed by atoms with Crippen molar-refractivity contribution in [3.8, 4) is 0 Å². The van der Waals surface area contributed by atoms with E-state index in [0.717, 1.165) is 25.1 Å². The summed E-state index contributed by atoms with van der Waals surface area (Å²) in [5.74, 6) is -0.122. The lowest BCUT2D eigenvalue weighted by Gasteiger charge is -2.38. The molecule has 0 bridgehead atoms. The van der Waals surface area contributed by atoms with Gasteiger partial charge in [-0.05, 0) is 50.9 Å². The molecule has 1 saturated carbocycles. The molecule has 2 amide bonds. The van der Waals surface area contributed by atoms with E-state index >= 15 is 0 Å². The SMILES string of the molecule is CO[C@@H]1COCC[C@@H]1N[C@@H]1C[C@H]2CN(C(=O)CN(C)C)C[C@@]2(C(=O)N2CCc3ncc(C(F)(F)F)cc3C2)C1. The average molecular weight is 554 g/mol. The fourth-order valence-electron chi connectivity index (χ4n) is 6.90. The lowest BCUT2D eigenvalue weighted by Crippen LogP contribution is -2.52. The number of pyridine rings is 1. The van der Waals surface area contributed by atoms with Gasteiger partial charge < -0.3 is 29.5 Å². The van der Waals surface area contributed by atoms with E-state index in [1.807, 2.05) is 19.0 Å². The van der Waals surface area contributed by atoms with Crippen molar-refractivity contribution < 1.29 is 32.2 Å². The molecule has 1 aromatic rings. The first-order valence-electron chi connectivity index (χ1n) is 13.6. The maximum Gasteiger partial charge on any atom is 0.417 e. The van der Waals surface area contributed by atoms with E-state index in [4.69, 9.17) is 9.47 Å². The highest BCUT2D eigenvalue weighted by Gasteiger charge is 2.59. The van der Waals surface area contributed by atoms with Crippen LogP contribution in [0.2, 0.25) is 0 Å². The lowest BCUT2D eigenvalue weighted by molar-refractivity contribution is -0.144. The fraction of sp³-hybridized carbons (Fsp3) is 0.741. The van der Waals surface area contributed by atoms with Crippen LogP contribution in [0, 0.1) is 11.3 Å². The van der Waals surface area contributed by atoms with Crippen LogP contribution < -0.4 is 5.32 Å². The van der Waals surface area contributed by atoms with E-state index in [-0.39, 0.29) is 49.0 Å². The Morgan fingerprint density at radius 2 is 2.10 bits per heavy atom. The molecule has 4 heterocycles. The van der Waals surface area contributed by atoms with Crippen LogP contribution in [-0.2, 0) is 38.2 Å². The van der Waals surface area contributed by atoms with Gasteiger partial charge in [-0.1, -0.05) is 0 Å². The minimum Gasteiger partial charge on any atom is -0.379 e. The topological polar surface area (TPSA) is 87.2 Å². The van der Waals surface area contributed by atoms with Crippen LogP contribution in [0.15, 0.2) is 12.3 Å². The Morgan fingerprint density at radius 1 is 1.31 bits per heavy atom. The summed E-state index contributed by atoms with van der Waals surface area (Å²) >= 11 is 0. The lowest BCUT2D eigenvalue weighted by atomic mass is 9.78. The summed E-state index contributed by atoms with van der Waals surface area (Å²) in [5.41, 5.74) is -0.540. The van der Waals surface area contributed by atoms with Crippen molar-refractivity contribution in [2.24, 2.45) is 11.3 Å². The van der Waals surface area contributed by atoms with E-state index in [0.29, 0.717) is 56.9 Å². The van der Waals surface area contributed by atoms with Gasteiger partial charge in [0, 0.05) is 70.3 Å². The Kier molecular flexibility index (Phi) is 7.93. The molecular formula is C27H38F3N5O4. The third-order valence-corrected chi connectivity index (χ3v) is 8.82. The number of fused-ring (bicyclic) bond motifs is 2. The number of carbonyl (C=O) groups is 2. The number of rotatable bonds is 6. The Balaban J connectivity index is 1.37. The predicted molar refractivity (Wildman–Crippen MR) is 136 cm³/mol. The van der Waals surface area contributed by atoms with Gasteiger partial charge in [0.2, 0.25) is 11.8 Å². The number of halogens is 3. The van der Waals surface area contributed by atoms with E-state index in [9.17, 15) is 22.8 Å². The maximum atomic E-state index is 14.3. The summed E-state index contributed by atoms with van der Waals surface area (Å²) in [6, 6.07) is 1.30. The van der Waals surface area contributed by atoms with Gasteiger partial charge in [-0.15, -0.1) is 0 Å². The Hall–Kier alpha value is -2.28. The van der Waals surface area contributed by atoms with Crippen LogP contribution in [0.1, 0.15) is 36.1 Å². The summed E-state index contributed by atoms with van der Waals surface area (Å²) in [5, 5.41) is 3.72. The van der Waals surface area contributed by atoms with Gasteiger partial charge in [0.25, 0.3) is 0 Å². The number of ether oxygens (including phenoxy) is 2. The number of likely N-dealkylation sites (N-methyl/N-ethyl adjacent to an activating group) is 1. The fourth-order valence-corrected chi connectivity index (χ4v) is 6.90. The average Bonchev–Trinajstić information content (AvgIpc) is 3.42. The van der Waals surface area contributed by atoms with Crippen molar-refractivity contribution in [2.75, 3.05) is 60.6 Å². The molecule has 3 aliphatic heterocycles. The predicted octanol–water partition coefficient (Wildman–Crippen LogP) is 1.55. The van der Waals surface area contributed by atoms with Crippen LogP contribution in [0.4, 0.5) is 13.2 Å². The van der Waals surface area contributed by atoms with E-state index in [2.05, 4.69) is 10.3 Å². The highest BCUT2D eigenvalue weighted by Crippen LogP contribution is 2.50. The molecule has 5 rings (SSSR count). The second-order valence-electron chi connectivity index (χ2n) is 11.7. The molecule has 216 valence electrons. The molecule has 1 aliphatic carbocycles. The molecule has 0 aromatic carbocycles. The van der Waals surface area contributed by atoms with Crippen molar-refractivity contribution in [3.63, 3.8) is 0 Å². The van der Waals surface area contributed by atoms with Gasteiger partial charge >= 0.3 is 6.18 Å². The molecule has 1 N–H and O–H groups in total. The van der Waals surface area contributed by atoms with Gasteiger partial charge in [-0.2, -0.15) is 13.2 Å². The number of alkyl halides is 3. The molecule has 1 aromatic heterocycles. The molecule has 39 heavy (non-hydrogen) atoms. The molecular weight excluding hydrogens is 515 g/mol. The summed E-state index contributed by atoms with van der Waals surface area (Å²) in [7, 11) is 5.35. The number of likely N-dealkylation sites (tertiary alicyclic amines) is 1. The normalized spacial score (nSPS) is 30.9. The molecule has 3 fully saturated rings. The zero-order valence-corrected chi connectivity index (χ0v) is 22.8. The number of aromatic nitrogens is 1. The van der Waals surface area contributed by atoms with Gasteiger partial charge in [-0.25, -0.2) is 0 Å². The Labute approximate surface area is 227 Å². The second-order valence-corrected chi connectivity index (χ2v) is 11.7. The molecule has 0 unspecified atom stereocenters. The van der Waals surface area contributed by atoms with E-state index in [1.54, 1.807) is 16.9 Å². The quantitative estimate of drug-likeness (QED) is 0.572. The molecule has 0 radical (unpaired) electrons. The molecule has 12 heteroatoms. The summed E-state index contributed by atoms with van der Waals surface area (Å²) in [6.45, 7) is 2.74. The number of hydrogen-bond donors (Lipinski definition) is 1. The van der Waals surface area contributed by atoms with E-state index in [1.165, 1.54) is 0 Å². The summed E-state index contributed by atoms with van der Waals surface area (Å²) in [4.78, 5) is 36.7. The number of methoxy groups -OCH3 is 1. The largest absolute Gasteiger partial charge is 0.417 e. The standard InChI is InChI=1S/C27H38F3N5O4/c1-33(2)14-24(36)35-13-19-9-20(32-22-5-7-39-15-23(22)38-3)10-26(19,16-35)25(37)34-6-4-21-17(12-34)8-18(11-31-21)27(28,29)30/h8,11,19-20,22-23,32H,4-7,9-10,12-16H2,1-3H3/t19-,20+,22-,23+,26-/m0/s1. The third kappa shape index (κ3) is 5.66. The number of amides is 2. The first-order chi connectivity index (χ1) is 18.5. The van der Waals surface area contributed by atoms with Gasteiger partial charge in [0.05, 0.1) is 30.2 Å². The van der Waals surface area contributed by atoms with Crippen LogP contribution in [0.5, 0.6) is 0 Å². The third-order valence-electron chi connectivity index (χ3n) is 8.82. The van der Waals surface area contributed by atoms with Crippen LogP contribution in [-0.4, -0.2) is 110 Å². The number of hydrogen-bond acceptors (Lipinski definition) is 7. The van der Waals surface area contributed by atoms with Crippen LogP contribution >= 0.6 is 0 Å². The maximum absolute atomic E-state index is 14.3. The minimum absolute atomic E-state index is 0.0158. The number of nitrogens with one attached hydrogen (secondary N) is 1. The summed E-state index contributed by atoms with van der Waals surface area (Å²) < 4.78 is 51.2.